The van der Waals surface area contributed by atoms with Crippen LogP contribution in [0.2, 0.25) is 0 Å². The van der Waals surface area contributed by atoms with Crippen LogP contribution in [0, 0.1) is 17.7 Å². The molecule has 0 aliphatic heterocycles. The normalized spacial score (nSPS) is 12.4. The number of aliphatic carboxylic acids is 1. The smallest absolute Gasteiger partial charge is 0.303 e. The lowest BCUT2D eigenvalue weighted by atomic mass is 9.97. The number of hydrogen-bond acceptors (Lipinski definition) is 7. The van der Waals surface area contributed by atoms with E-state index in [4.69, 9.17) is 10.5 Å². The molecule has 0 saturated carbocycles. The number of aryl methyl sites for hydroxylation is 3. The van der Waals surface area contributed by atoms with Gasteiger partial charge in [-0.25, -0.2) is 0 Å². The fourth-order valence-electron chi connectivity index (χ4n) is 5.52. The van der Waals surface area contributed by atoms with Crippen LogP contribution in [-0.2, 0) is 32.5 Å². The van der Waals surface area contributed by atoms with E-state index in [1.807, 2.05) is 69.3 Å². The highest BCUT2D eigenvalue weighted by atomic mass is 32.2. The van der Waals surface area contributed by atoms with Crippen LogP contribution >= 0.6 is 0 Å². The third kappa shape index (κ3) is 12.4. The molecule has 0 bridgehead atoms. The van der Waals surface area contributed by atoms with Gasteiger partial charge < -0.3 is 15.7 Å². The van der Waals surface area contributed by atoms with Crippen LogP contribution in [-0.4, -0.2) is 41.4 Å². The summed E-state index contributed by atoms with van der Waals surface area (Å²) < 4.78 is 32.6. The van der Waals surface area contributed by atoms with Crippen LogP contribution in [0.25, 0.3) is 0 Å². The van der Waals surface area contributed by atoms with Gasteiger partial charge >= 0.3 is 5.97 Å². The number of carbonyl (C=O) groups is 2. The summed E-state index contributed by atoms with van der Waals surface area (Å²) in [6.45, 7) is 6.02. The number of amides is 1. The average Bonchev–Trinajstić information content (AvgIpc) is 3.17. The molecule has 4 rings (SSSR count). The molecule has 0 saturated heterocycles. The maximum atomic E-state index is 13.7. The SMILES string of the molecule is CCC\C(Nc1ccc(S(=O)(=O)O)cc1)=C(/C=C/C=C/C=C(/C(=N)c1ccc(CCC(=O)O)cc1)C(=O)Nc1ccc(CC)cc1)C(=N)c1ccc(C)cc1. The molecule has 284 valence electrons. The lowest BCUT2D eigenvalue weighted by Gasteiger charge is -2.17. The van der Waals surface area contributed by atoms with E-state index >= 15 is 0 Å². The minimum absolute atomic E-state index is 0.0129. The number of carboxylic acid groups (broad SMARTS) is 1. The lowest BCUT2D eigenvalue weighted by Crippen LogP contribution is -2.21. The van der Waals surface area contributed by atoms with Gasteiger partial charge in [0, 0.05) is 40.2 Å². The third-order valence-corrected chi connectivity index (χ3v) is 9.50. The Balaban J connectivity index is 1.70. The summed E-state index contributed by atoms with van der Waals surface area (Å²) in [5.74, 6) is -1.37. The molecule has 0 aliphatic carbocycles. The predicted octanol–water partition coefficient (Wildman–Crippen LogP) is 9.10. The highest BCUT2D eigenvalue weighted by Crippen LogP contribution is 2.23. The fraction of sp³-hybridized carbons (Fsp3) is 0.182. The van der Waals surface area contributed by atoms with Crippen molar-refractivity contribution in [3.63, 3.8) is 0 Å². The molecule has 0 atom stereocenters. The van der Waals surface area contributed by atoms with Gasteiger partial charge in [-0.15, -0.1) is 0 Å². The molecule has 0 heterocycles. The summed E-state index contributed by atoms with van der Waals surface area (Å²) in [6, 6.07) is 27.7. The summed E-state index contributed by atoms with van der Waals surface area (Å²) in [7, 11) is -4.36. The average molecular weight is 759 g/mol. The van der Waals surface area contributed by atoms with Crippen LogP contribution in [0.1, 0.15) is 60.9 Å². The lowest BCUT2D eigenvalue weighted by molar-refractivity contribution is -0.137. The molecule has 55 heavy (non-hydrogen) atoms. The third-order valence-electron chi connectivity index (χ3n) is 8.63. The molecule has 10 nitrogen and oxygen atoms in total. The molecule has 0 aromatic heterocycles. The molecule has 0 radical (unpaired) electrons. The number of allylic oxidation sites excluding steroid dienone is 7. The summed E-state index contributed by atoms with van der Waals surface area (Å²) in [5, 5.41) is 33.5. The Bertz CT molecular complexity index is 2230. The van der Waals surface area contributed by atoms with Crippen LogP contribution < -0.4 is 10.6 Å². The zero-order valence-corrected chi connectivity index (χ0v) is 31.9. The van der Waals surface area contributed by atoms with Gasteiger partial charge in [0.05, 0.1) is 21.9 Å². The van der Waals surface area contributed by atoms with Gasteiger partial charge in [-0.05, 0) is 79.8 Å². The van der Waals surface area contributed by atoms with E-state index < -0.39 is 22.0 Å². The summed E-state index contributed by atoms with van der Waals surface area (Å²) >= 11 is 0. The second kappa shape index (κ2) is 19.8. The van der Waals surface area contributed by atoms with Crippen LogP contribution in [0.3, 0.4) is 0 Å². The van der Waals surface area contributed by atoms with E-state index in [2.05, 4.69) is 10.6 Å². The van der Waals surface area contributed by atoms with Crippen LogP contribution in [0.5, 0.6) is 0 Å². The van der Waals surface area contributed by atoms with Gasteiger partial charge in [0.1, 0.15) is 0 Å². The summed E-state index contributed by atoms with van der Waals surface area (Å²) in [6.07, 6.45) is 10.9. The predicted molar refractivity (Wildman–Crippen MR) is 220 cm³/mol. The fourth-order valence-corrected chi connectivity index (χ4v) is 6.00. The minimum atomic E-state index is -4.36. The monoisotopic (exact) mass is 758 g/mol. The summed E-state index contributed by atoms with van der Waals surface area (Å²) in [5.41, 5.74) is 6.97. The first-order valence-corrected chi connectivity index (χ1v) is 19.3. The van der Waals surface area contributed by atoms with E-state index in [-0.39, 0.29) is 28.3 Å². The molecular weight excluding hydrogens is 713 g/mol. The second-order valence-electron chi connectivity index (χ2n) is 12.8. The summed E-state index contributed by atoms with van der Waals surface area (Å²) in [4.78, 5) is 24.5. The Kier molecular flexibility index (Phi) is 15.0. The van der Waals surface area contributed by atoms with Crippen molar-refractivity contribution in [2.24, 2.45) is 0 Å². The number of carboxylic acids is 1. The minimum Gasteiger partial charge on any atom is -0.481 e. The van der Waals surface area contributed by atoms with Crippen molar-refractivity contribution in [3.8, 4) is 0 Å². The van der Waals surface area contributed by atoms with Crippen molar-refractivity contribution in [3.05, 3.63) is 172 Å². The first kappa shape index (κ1) is 41.6. The van der Waals surface area contributed by atoms with Crippen molar-refractivity contribution in [1.82, 2.24) is 0 Å². The zero-order chi connectivity index (χ0) is 40.0. The van der Waals surface area contributed by atoms with Crippen molar-refractivity contribution < 1.29 is 27.7 Å². The molecule has 0 spiro atoms. The van der Waals surface area contributed by atoms with Gasteiger partial charge in [-0.2, -0.15) is 8.42 Å². The van der Waals surface area contributed by atoms with E-state index in [1.54, 1.807) is 66.8 Å². The van der Waals surface area contributed by atoms with Crippen molar-refractivity contribution in [1.29, 1.82) is 10.8 Å². The first-order valence-electron chi connectivity index (χ1n) is 17.9. The number of carbonyl (C=O) groups excluding carboxylic acids is 1. The standard InChI is InChI=1S/C44H46N4O6S/c1-4-9-40(47-35-25-27-37(28-26-35)55(52,53)54)38(42(45)33-19-12-30(3)13-20-33)10-7-6-8-11-39(44(51)48-36-23-16-31(5-2)17-24-36)43(46)34-21-14-32(15-22-34)18-29-41(49)50/h6-8,10-17,19-28,45-47H,4-5,9,18,29H2,1-3H3,(H,48,51)(H,49,50)(H,52,53,54)/b8-6+,10-7+,39-11-,40-38-,45-42?,46-43?. The van der Waals surface area contributed by atoms with E-state index in [1.165, 1.54) is 12.1 Å². The number of rotatable bonds is 18. The van der Waals surface area contributed by atoms with Crippen LogP contribution in [0.15, 0.2) is 149 Å². The maximum Gasteiger partial charge on any atom is 0.303 e. The Morgan fingerprint density at radius 1 is 0.709 bits per heavy atom. The Hall–Kier alpha value is -6.17. The second-order valence-corrected chi connectivity index (χ2v) is 14.2. The van der Waals surface area contributed by atoms with Gasteiger partial charge in [-0.1, -0.05) is 111 Å². The largest absolute Gasteiger partial charge is 0.481 e. The molecule has 4 aromatic carbocycles. The van der Waals surface area contributed by atoms with E-state index in [0.29, 0.717) is 40.9 Å². The Morgan fingerprint density at radius 2 is 1.27 bits per heavy atom. The molecule has 11 heteroatoms. The maximum absolute atomic E-state index is 13.7. The van der Waals surface area contributed by atoms with Gasteiger partial charge in [0.25, 0.3) is 16.0 Å². The highest BCUT2D eigenvalue weighted by Gasteiger charge is 2.17. The van der Waals surface area contributed by atoms with Crippen molar-refractivity contribution in [2.75, 3.05) is 10.6 Å². The number of nitrogens with one attached hydrogen (secondary N) is 4. The molecule has 0 unspecified atom stereocenters. The highest BCUT2D eigenvalue weighted by molar-refractivity contribution is 7.85. The Labute approximate surface area is 322 Å². The molecule has 1 amide bonds. The van der Waals surface area contributed by atoms with E-state index in [9.17, 15) is 28.0 Å². The van der Waals surface area contributed by atoms with E-state index in [0.717, 1.165) is 35.2 Å². The quantitative estimate of drug-likeness (QED) is 0.0253. The van der Waals surface area contributed by atoms with Gasteiger partial charge in [0.15, 0.2) is 0 Å². The van der Waals surface area contributed by atoms with Crippen LogP contribution in [0.4, 0.5) is 11.4 Å². The number of anilines is 2. The number of benzene rings is 4. The molecule has 4 aromatic rings. The molecule has 0 fully saturated rings. The van der Waals surface area contributed by atoms with Crippen molar-refractivity contribution >= 4 is 44.8 Å². The molecule has 6 N–H and O–H groups in total. The molecular formula is C44H46N4O6S. The van der Waals surface area contributed by atoms with Gasteiger partial charge in [0.2, 0.25) is 0 Å². The zero-order valence-electron chi connectivity index (χ0n) is 31.1. The topological polar surface area (TPSA) is 180 Å². The Morgan fingerprint density at radius 3 is 1.85 bits per heavy atom. The first-order chi connectivity index (χ1) is 26.3. The molecule has 0 aliphatic rings. The van der Waals surface area contributed by atoms with Gasteiger partial charge in [-0.3, -0.25) is 25.0 Å². The van der Waals surface area contributed by atoms with Crippen molar-refractivity contribution in [2.45, 2.75) is 57.8 Å². The number of hydrogen-bond donors (Lipinski definition) is 6.